The van der Waals surface area contributed by atoms with Gasteiger partial charge in [0, 0.05) is 47.5 Å². The smallest absolute Gasteiger partial charge is 0.199 e. The number of anilines is 1. The van der Waals surface area contributed by atoms with Crippen LogP contribution in [0.4, 0.5) is 5.69 Å². The summed E-state index contributed by atoms with van der Waals surface area (Å²) in [5.74, 6) is 0. The number of hydrogen-bond donors (Lipinski definition) is 0. The second-order valence-corrected chi connectivity index (χ2v) is 7.67. The van der Waals surface area contributed by atoms with Gasteiger partial charge >= 0.3 is 0 Å². The molecule has 0 amide bonds. The van der Waals surface area contributed by atoms with Gasteiger partial charge in [-0.1, -0.05) is 41.4 Å². The van der Waals surface area contributed by atoms with Crippen molar-refractivity contribution in [1.29, 1.82) is 0 Å². The van der Waals surface area contributed by atoms with Crippen molar-refractivity contribution in [2.24, 2.45) is 0 Å². The fourth-order valence-corrected chi connectivity index (χ4v) is 3.63. The topological polar surface area (TPSA) is 6.25 Å². The van der Waals surface area contributed by atoms with E-state index in [1.54, 1.807) is 0 Å². The van der Waals surface area contributed by atoms with Gasteiger partial charge in [0.15, 0.2) is 5.71 Å². The number of halogens is 2. The van der Waals surface area contributed by atoms with E-state index in [2.05, 4.69) is 58.0 Å². The minimum Gasteiger partial charge on any atom is -0.378 e. The fraction of sp³-hybridized carbons (Fsp3) is 0.174. The molecule has 2 nitrogen and oxygen atoms in total. The maximum absolute atomic E-state index is 6.57. The normalized spacial score (nSPS) is 13.1. The average Bonchev–Trinajstić information content (AvgIpc) is 2.65. The average molecular weight is 398 g/mol. The van der Waals surface area contributed by atoms with Gasteiger partial charge < -0.3 is 4.90 Å². The maximum Gasteiger partial charge on any atom is 0.199 e. The molecule has 0 saturated heterocycles. The number of allylic oxidation sites excluding steroid dienone is 5. The Morgan fingerprint density at radius 1 is 0.815 bits per heavy atom. The Balaban J connectivity index is 2.23. The van der Waals surface area contributed by atoms with Crippen molar-refractivity contribution in [3.63, 3.8) is 0 Å². The van der Waals surface area contributed by atoms with Crippen LogP contribution in [0, 0.1) is 0 Å². The first kappa shape index (κ1) is 19.5. The van der Waals surface area contributed by atoms with Crippen LogP contribution < -0.4 is 4.90 Å². The van der Waals surface area contributed by atoms with E-state index in [0.29, 0.717) is 10.0 Å². The van der Waals surface area contributed by atoms with Crippen LogP contribution in [0.2, 0.25) is 10.0 Å². The van der Waals surface area contributed by atoms with Crippen molar-refractivity contribution in [2.45, 2.75) is 0 Å². The lowest BCUT2D eigenvalue weighted by Crippen LogP contribution is -2.10. The molecule has 1 aliphatic rings. The summed E-state index contributed by atoms with van der Waals surface area (Å²) in [5, 5.41) is 1.29. The predicted octanol–water partition coefficient (Wildman–Crippen LogP) is 5.70. The minimum atomic E-state index is 0.644. The van der Waals surface area contributed by atoms with Crippen molar-refractivity contribution in [1.82, 2.24) is 0 Å². The molecule has 0 radical (unpaired) electrons. The SMILES string of the molecule is CN(C)c1ccc(C(=C2C=CC(=[N+](C)C)C=C2)c2c(Cl)cccc2Cl)cc1. The first-order valence-corrected chi connectivity index (χ1v) is 9.51. The van der Waals surface area contributed by atoms with E-state index in [4.69, 9.17) is 23.2 Å². The molecule has 1 aliphatic carbocycles. The second kappa shape index (κ2) is 8.16. The Morgan fingerprint density at radius 3 is 1.85 bits per heavy atom. The van der Waals surface area contributed by atoms with Crippen molar-refractivity contribution in [2.75, 3.05) is 33.1 Å². The van der Waals surface area contributed by atoms with E-state index in [-0.39, 0.29) is 0 Å². The summed E-state index contributed by atoms with van der Waals surface area (Å²) >= 11 is 13.1. The molecule has 138 valence electrons. The summed E-state index contributed by atoms with van der Waals surface area (Å²) in [6.45, 7) is 0. The third-order valence-corrected chi connectivity index (χ3v) is 5.19. The molecular weight excluding hydrogens is 375 g/mol. The lowest BCUT2D eigenvalue weighted by atomic mass is 9.90. The molecule has 0 spiro atoms. The zero-order valence-corrected chi connectivity index (χ0v) is 17.5. The molecule has 0 unspecified atom stereocenters. The van der Waals surface area contributed by atoms with E-state index >= 15 is 0 Å². The molecule has 3 rings (SSSR count). The third kappa shape index (κ3) is 4.18. The summed E-state index contributed by atoms with van der Waals surface area (Å²) in [5.41, 5.74) is 6.33. The third-order valence-electron chi connectivity index (χ3n) is 4.56. The molecule has 0 fully saturated rings. The highest BCUT2D eigenvalue weighted by Crippen LogP contribution is 2.38. The van der Waals surface area contributed by atoms with Gasteiger partial charge in [0.2, 0.25) is 0 Å². The molecule has 0 N–H and O–H groups in total. The second-order valence-electron chi connectivity index (χ2n) is 6.85. The quantitative estimate of drug-likeness (QED) is 0.601. The van der Waals surface area contributed by atoms with Gasteiger partial charge in [-0.2, -0.15) is 0 Å². The molecular formula is C23H23Cl2N2+. The number of rotatable bonds is 3. The van der Waals surface area contributed by atoms with Crippen LogP contribution in [-0.2, 0) is 0 Å². The molecule has 4 heteroatoms. The summed E-state index contributed by atoms with van der Waals surface area (Å²) in [7, 11) is 8.13. The van der Waals surface area contributed by atoms with Crippen LogP contribution in [0.15, 0.2) is 72.3 Å². The summed E-state index contributed by atoms with van der Waals surface area (Å²) in [6.07, 6.45) is 8.44. The number of hydrogen-bond acceptors (Lipinski definition) is 1. The molecule has 0 aliphatic heterocycles. The van der Waals surface area contributed by atoms with Gasteiger partial charge in [0.25, 0.3) is 0 Å². The molecule has 0 atom stereocenters. The Morgan fingerprint density at radius 2 is 1.37 bits per heavy atom. The van der Waals surface area contributed by atoms with E-state index in [9.17, 15) is 0 Å². The number of benzene rings is 2. The Kier molecular flexibility index (Phi) is 5.88. The highest BCUT2D eigenvalue weighted by molar-refractivity contribution is 6.38. The van der Waals surface area contributed by atoms with Gasteiger partial charge in [-0.25, -0.2) is 4.58 Å². The largest absolute Gasteiger partial charge is 0.378 e. The molecule has 0 heterocycles. The highest BCUT2D eigenvalue weighted by Gasteiger charge is 2.18. The maximum atomic E-state index is 6.57. The number of nitrogens with zero attached hydrogens (tertiary/aromatic N) is 2. The van der Waals surface area contributed by atoms with Gasteiger partial charge in [-0.05, 0) is 53.1 Å². The van der Waals surface area contributed by atoms with E-state index < -0.39 is 0 Å². The van der Waals surface area contributed by atoms with Crippen molar-refractivity contribution in [3.8, 4) is 0 Å². The van der Waals surface area contributed by atoms with E-state index in [1.165, 1.54) is 0 Å². The van der Waals surface area contributed by atoms with Crippen molar-refractivity contribution < 1.29 is 4.58 Å². The lowest BCUT2D eigenvalue weighted by molar-refractivity contribution is -0.462. The van der Waals surface area contributed by atoms with Crippen LogP contribution in [0.3, 0.4) is 0 Å². The zero-order chi connectivity index (χ0) is 19.6. The van der Waals surface area contributed by atoms with Crippen molar-refractivity contribution in [3.05, 3.63) is 93.5 Å². The van der Waals surface area contributed by atoms with Crippen LogP contribution in [-0.4, -0.2) is 38.5 Å². The zero-order valence-electron chi connectivity index (χ0n) is 16.0. The fourth-order valence-electron chi connectivity index (χ4n) is 3.04. The van der Waals surface area contributed by atoms with Gasteiger partial charge in [0.1, 0.15) is 14.1 Å². The van der Waals surface area contributed by atoms with E-state index in [0.717, 1.165) is 33.7 Å². The molecule has 2 aromatic rings. The lowest BCUT2D eigenvalue weighted by Gasteiger charge is -2.18. The monoisotopic (exact) mass is 397 g/mol. The Hall–Kier alpha value is -2.29. The summed E-state index contributed by atoms with van der Waals surface area (Å²) < 4.78 is 2.08. The summed E-state index contributed by atoms with van der Waals surface area (Å²) in [6, 6.07) is 14.1. The van der Waals surface area contributed by atoms with Crippen LogP contribution in [0.25, 0.3) is 5.57 Å². The van der Waals surface area contributed by atoms with Crippen molar-refractivity contribution >= 4 is 40.2 Å². The first-order chi connectivity index (χ1) is 12.9. The Labute approximate surface area is 171 Å². The first-order valence-electron chi connectivity index (χ1n) is 8.75. The van der Waals surface area contributed by atoms with Crippen LogP contribution >= 0.6 is 23.2 Å². The molecule has 0 aromatic heterocycles. The van der Waals surface area contributed by atoms with Crippen LogP contribution in [0.1, 0.15) is 11.1 Å². The minimum absolute atomic E-state index is 0.644. The molecule has 27 heavy (non-hydrogen) atoms. The van der Waals surface area contributed by atoms with Gasteiger partial charge in [-0.3, -0.25) is 0 Å². The molecule has 0 saturated carbocycles. The molecule has 0 bridgehead atoms. The van der Waals surface area contributed by atoms with Gasteiger partial charge in [0.05, 0.1) is 0 Å². The summed E-state index contributed by atoms with van der Waals surface area (Å²) in [4.78, 5) is 2.08. The standard InChI is InChI=1S/C23H23Cl2N2/c1-26(2)18-12-8-16(9-13-18)22(23-20(24)6-5-7-21(23)25)17-10-14-19(15-11-17)27(3)4/h5-15H,1-4H3/q+1. The van der Waals surface area contributed by atoms with Crippen LogP contribution in [0.5, 0.6) is 0 Å². The van der Waals surface area contributed by atoms with E-state index in [1.807, 2.05) is 46.4 Å². The van der Waals surface area contributed by atoms with Gasteiger partial charge in [-0.15, -0.1) is 0 Å². The highest BCUT2D eigenvalue weighted by atomic mass is 35.5. The predicted molar refractivity (Wildman–Crippen MR) is 119 cm³/mol. The Bertz CT molecular complexity index is 936. The molecule has 2 aromatic carbocycles.